The van der Waals surface area contributed by atoms with E-state index in [-0.39, 0.29) is 0 Å². The molecule has 0 saturated heterocycles. The summed E-state index contributed by atoms with van der Waals surface area (Å²) in [4.78, 5) is 0. The number of nitrogens with zero attached hydrogens (tertiary/aromatic N) is 1. The molecule has 0 radical (unpaired) electrons. The Bertz CT molecular complexity index is 2720. The number of hydrogen-bond donors (Lipinski definition) is 0. The van der Waals surface area contributed by atoms with Crippen molar-refractivity contribution in [2.24, 2.45) is 0 Å². The van der Waals surface area contributed by atoms with Gasteiger partial charge < -0.3 is 9.13 Å². The molecule has 0 bridgehead atoms. The van der Waals surface area contributed by atoms with Crippen LogP contribution in [-0.4, -0.2) is 4.57 Å². The summed E-state index contributed by atoms with van der Waals surface area (Å²) in [6.45, 7) is 0. The molecule has 46 heavy (non-hydrogen) atoms. The van der Waals surface area contributed by atoms with Gasteiger partial charge in [0.15, 0.2) is 7.14 Å². The predicted molar refractivity (Wildman–Crippen MR) is 197 cm³/mol. The van der Waals surface area contributed by atoms with Crippen LogP contribution in [0.15, 0.2) is 158 Å². The van der Waals surface area contributed by atoms with Gasteiger partial charge in [-0.15, -0.1) is 11.3 Å². The van der Waals surface area contributed by atoms with Gasteiger partial charge in [0.25, 0.3) is 0 Å². The van der Waals surface area contributed by atoms with E-state index in [2.05, 4.69) is 126 Å². The van der Waals surface area contributed by atoms with E-state index in [1.807, 2.05) is 47.7 Å². The molecule has 7 aromatic carbocycles. The van der Waals surface area contributed by atoms with Gasteiger partial charge in [-0.1, -0.05) is 109 Å². The number of para-hydroxylation sites is 1. The minimum Gasteiger partial charge on any atom is -0.309 e. The van der Waals surface area contributed by atoms with Crippen LogP contribution in [0.1, 0.15) is 0 Å². The first kappa shape index (κ1) is 26.1. The SMILES string of the molecule is O=P1(c2ccccc2)c2ccccc2-c2cc3c(cc21)c1ccccc1n3-c1ccc(-c2ccc3sc4ccccc4c3c2)cc1. The highest BCUT2D eigenvalue weighted by Crippen LogP contribution is 2.53. The zero-order valence-corrected chi connectivity index (χ0v) is 26.4. The highest BCUT2D eigenvalue weighted by molar-refractivity contribution is 7.86. The Labute approximate surface area is 270 Å². The Hall–Kier alpha value is -5.21. The molecule has 1 atom stereocenters. The highest BCUT2D eigenvalue weighted by atomic mass is 32.1. The molecule has 9 aromatic rings. The maximum Gasteiger partial charge on any atom is 0.172 e. The van der Waals surface area contributed by atoms with Crippen LogP contribution < -0.4 is 15.9 Å². The van der Waals surface area contributed by atoms with Crippen molar-refractivity contribution in [3.05, 3.63) is 158 Å². The standard InChI is InChI=1S/C42H26NOPS/c44-45(30-10-2-1-3-11-30)39-16-8-5-13-32(39)35-25-38-34(26-40(35)45)31-12-4-7-15-37(31)43(38)29-21-18-27(19-22-29)28-20-23-42-36(24-28)33-14-6-9-17-41(33)46-42/h1-26H. The lowest BCUT2D eigenvalue weighted by Gasteiger charge is -2.16. The number of rotatable bonds is 3. The summed E-state index contributed by atoms with van der Waals surface area (Å²) in [5.74, 6) is 0. The molecule has 0 spiro atoms. The summed E-state index contributed by atoms with van der Waals surface area (Å²) < 4.78 is 20.2. The smallest absolute Gasteiger partial charge is 0.172 e. The molecule has 3 heterocycles. The summed E-state index contributed by atoms with van der Waals surface area (Å²) >= 11 is 1.85. The summed E-state index contributed by atoms with van der Waals surface area (Å²) in [5.41, 5.74) is 7.91. The first-order chi connectivity index (χ1) is 22.7. The summed E-state index contributed by atoms with van der Waals surface area (Å²) in [7, 11) is -3.03. The Morgan fingerprint density at radius 3 is 2.02 bits per heavy atom. The lowest BCUT2D eigenvalue weighted by Crippen LogP contribution is -2.20. The van der Waals surface area contributed by atoms with Gasteiger partial charge in [-0.3, -0.25) is 0 Å². The molecular formula is C42H26NOPS. The number of thiophene rings is 1. The van der Waals surface area contributed by atoms with Crippen LogP contribution in [0, 0.1) is 0 Å². The molecule has 1 unspecified atom stereocenters. The van der Waals surface area contributed by atoms with Crippen molar-refractivity contribution >= 4 is 76.4 Å². The fourth-order valence-electron chi connectivity index (χ4n) is 7.49. The molecule has 2 nitrogen and oxygen atoms in total. The average Bonchev–Trinajstić information content (AvgIpc) is 3.74. The van der Waals surface area contributed by atoms with Gasteiger partial charge in [0.05, 0.1) is 11.0 Å². The molecule has 216 valence electrons. The summed E-state index contributed by atoms with van der Waals surface area (Å²) in [6, 6.07) is 55.7. The lowest BCUT2D eigenvalue weighted by atomic mass is 10.0. The third-order valence-corrected chi connectivity index (χ3v) is 13.9. The van der Waals surface area contributed by atoms with Crippen LogP contribution in [0.3, 0.4) is 0 Å². The van der Waals surface area contributed by atoms with Crippen molar-refractivity contribution in [3.63, 3.8) is 0 Å². The van der Waals surface area contributed by atoms with Crippen LogP contribution in [-0.2, 0) is 4.57 Å². The predicted octanol–water partition coefficient (Wildman–Crippen LogP) is 10.4. The first-order valence-corrected chi connectivity index (χ1v) is 18.1. The van der Waals surface area contributed by atoms with Crippen molar-refractivity contribution in [1.29, 1.82) is 0 Å². The van der Waals surface area contributed by atoms with Crippen molar-refractivity contribution in [1.82, 2.24) is 4.57 Å². The number of aromatic nitrogens is 1. The summed E-state index contributed by atoms with van der Waals surface area (Å²) in [5, 5.41) is 7.66. The Kier molecular flexibility index (Phi) is 5.46. The topological polar surface area (TPSA) is 22.0 Å². The first-order valence-electron chi connectivity index (χ1n) is 15.5. The lowest BCUT2D eigenvalue weighted by molar-refractivity contribution is 0.593. The van der Waals surface area contributed by atoms with Gasteiger partial charge in [-0.05, 0) is 70.8 Å². The van der Waals surface area contributed by atoms with Gasteiger partial charge in [-0.25, -0.2) is 0 Å². The van der Waals surface area contributed by atoms with E-state index in [4.69, 9.17) is 0 Å². The van der Waals surface area contributed by atoms with E-state index in [0.29, 0.717) is 0 Å². The van der Waals surface area contributed by atoms with Crippen LogP contribution in [0.4, 0.5) is 0 Å². The van der Waals surface area contributed by atoms with Crippen LogP contribution in [0.2, 0.25) is 0 Å². The van der Waals surface area contributed by atoms with Gasteiger partial charge in [-0.2, -0.15) is 0 Å². The Balaban J connectivity index is 1.17. The number of benzene rings is 7. The van der Waals surface area contributed by atoms with E-state index in [9.17, 15) is 0 Å². The molecule has 4 heteroatoms. The molecule has 1 aliphatic heterocycles. The van der Waals surface area contributed by atoms with Crippen LogP contribution in [0.25, 0.3) is 69.9 Å². The van der Waals surface area contributed by atoms with Crippen molar-refractivity contribution in [2.45, 2.75) is 0 Å². The molecule has 2 aromatic heterocycles. The van der Waals surface area contributed by atoms with Crippen molar-refractivity contribution in [2.75, 3.05) is 0 Å². The minimum absolute atomic E-state index is 0.883. The number of hydrogen-bond acceptors (Lipinski definition) is 2. The largest absolute Gasteiger partial charge is 0.309 e. The third-order valence-electron chi connectivity index (χ3n) is 9.62. The zero-order valence-electron chi connectivity index (χ0n) is 24.7. The van der Waals surface area contributed by atoms with E-state index in [1.165, 1.54) is 31.3 Å². The molecule has 0 N–H and O–H groups in total. The molecule has 0 fully saturated rings. The van der Waals surface area contributed by atoms with E-state index in [1.54, 1.807) is 0 Å². The van der Waals surface area contributed by atoms with Gasteiger partial charge in [0.1, 0.15) is 0 Å². The summed E-state index contributed by atoms with van der Waals surface area (Å²) in [6.07, 6.45) is 0. The zero-order chi connectivity index (χ0) is 30.4. The molecule has 10 rings (SSSR count). The number of fused-ring (bicyclic) bond motifs is 9. The molecule has 0 amide bonds. The maximum absolute atomic E-state index is 15.2. The monoisotopic (exact) mass is 623 g/mol. The van der Waals surface area contributed by atoms with Gasteiger partial charge in [0, 0.05) is 52.5 Å². The molecule has 0 saturated carbocycles. The van der Waals surface area contributed by atoms with Crippen molar-refractivity contribution < 1.29 is 4.57 Å². The van der Waals surface area contributed by atoms with Crippen LogP contribution in [0.5, 0.6) is 0 Å². The Morgan fingerprint density at radius 1 is 0.457 bits per heavy atom. The third kappa shape index (κ3) is 3.56. The van der Waals surface area contributed by atoms with Gasteiger partial charge >= 0.3 is 0 Å². The normalized spacial score (nSPS) is 15.6. The van der Waals surface area contributed by atoms with Crippen LogP contribution >= 0.6 is 18.5 Å². The fourth-order valence-corrected chi connectivity index (χ4v) is 11.6. The van der Waals surface area contributed by atoms with Crippen molar-refractivity contribution in [3.8, 4) is 27.9 Å². The Morgan fingerprint density at radius 2 is 1.15 bits per heavy atom. The molecule has 1 aliphatic rings. The van der Waals surface area contributed by atoms with E-state index >= 15 is 4.57 Å². The second kappa shape index (κ2) is 9.64. The van der Waals surface area contributed by atoms with E-state index < -0.39 is 7.14 Å². The van der Waals surface area contributed by atoms with E-state index in [0.717, 1.165) is 54.5 Å². The second-order valence-corrected chi connectivity index (χ2v) is 15.8. The maximum atomic E-state index is 15.2. The highest BCUT2D eigenvalue weighted by Gasteiger charge is 2.40. The second-order valence-electron chi connectivity index (χ2n) is 12.1. The average molecular weight is 624 g/mol. The molecule has 0 aliphatic carbocycles. The van der Waals surface area contributed by atoms with Gasteiger partial charge in [0.2, 0.25) is 0 Å². The quantitative estimate of drug-likeness (QED) is 0.180. The molecular weight excluding hydrogens is 598 g/mol. The minimum atomic E-state index is -3.03. The fraction of sp³-hybridized carbons (Fsp3) is 0.